The van der Waals surface area contributed by atoms with Crippen LogP contribution >= 0.6 is 11.8 Å². The van der Waals surface area contributed by atoms with Gasteiger partial charge in [0.2, 0.25) is 0 Å². The van der Waals surface area contributed by atoms with E-state index in [1.54, 1.807) is 0 Å². The molecule has 3 heteroatoms. The standard InChI is InChI=1S/C15H27NOS/c1-14(4-2-5-14)12-16-13-3-8-17-15(11-13)6-9-18-10-7-15/h13,16H,2-12H2,1H3. The Balaban J connectivity index is 1.50. The van der Waals surface area contributed by atoms with Crippen molar-refractivity contribution >= 4 is 11.8 Å². The van der Waals surface area contributed by atoms with Crippen molar-refractivity contribution in [2.24, 2.45) is 5.41 Å². The Morgan fingerprint density at radius 2 is 2.00 bits per heavy atom. The lowest BCUT2D eigenvalue weighted by Gasteiger charge is -2.45. The fraction of sp³-hybridized carbons (Fsp3) is 1.00. The summed E-state index contributed by atoms with van der Waals surface area (Å²) in [6.07, 6.45) is 9.29. The predicted octanol–water partition coefficient (Wildman–Crippen LogP) is 3.21. The van der Waals surface area contributed by atoms with E-state index in [1.807, 2.05) is 0 Å². The van der Waals surface area contributed by atoms with Gasteiger partial charge in [0, 0.05) is 19.2 Å². The van der Waals surface area contributed by atoms with Gasteiger partial charge in [-0.05, 0) is 55.4 Å². The molecule has 1 atom stereocenters. The Morgan fingerprint density at radius 1 is 1.22 bits per heavy atom. The minimum Gasteiger partial charge on any atom is -0.375 e. The SMILES string of the molecule is CC1(CNC2CCOC3(CCSCC3)C2)CCC1. The van der Waals surface area contributed by atoms with Gasteiger partial charge in [0.1, 0.15) is 0 Å². The van der Waals surface area contributed by atoms with E-state index in [0.29, 0.717) is 11.5 Å². The second-order valence-corrected chi connectivity index (χ2v) is 8.10. The molecule has 1 spiro atoms. The second kappa shape index (κ2) is 5.34. The first kappa shape index (κ1) is 13.3. The highest BCUT2D eigenvalue weighted by molar-refractivity contribution is 7.99. The predicted molar refractivity (Wildman–Crippen MR) is 78.2 cm³/mol. The summed E-state index contributed by atoms with van der Waals surface area (Å²) >= 11 is 2.09. The summed E-state index contributed by atoms with van der Waals surface area (Å²) in [6, 6.07) is 0.708. The molecule has 2 heterocycles. The van der Waals surface area contributed by atoms with E-state index in [4.69, 9.17) is 4.74 Å². The van der Waals surface area contributed by atoms with E-state index >= 15 is 0 Å². The molecule has 3 fully saturated rings. The summed E-state index contributed by atoms with van der Waals surface area (Å²) in [5.41, 5.74) is 0.843. The van der Waals surface area contributed by atoms with Crippen molar-refractivity contribution in [2.45, 2.75) is 63.5 Å². The van der Waals surface area contributed by atoms with Crippen LogP contribution in [-0.4, -0.2) is 36.3 Å². The lowest BCUT2D eigenvalue weighted by molar-refractivity contribution is -0.0944. The summed E-state index contributed by atoms with van der Waals surface area (Å²) in [5, 5.41) is 3.85. The van der Waals surface area contributed by atoms with Gasteiger partial charge in [-0.15, -0.1) is 0 Å². The second-order valence-electron chi connectivity index (χ2n) is 6.88. The van der Waals surface area contributed by atoms with Crippen LogP contribution in [0.1, 0.15) is 51.9 Å². The van der Waals surface area contributed by atoms with E-state index in [2.05, 4.69) is 24.0 Å². The highest BCUT2D eigenvalue weighted by Crippen LogP contribution is 2.41. The van der Waals surface area contributed by atoms with Gasteiger partial charge in [-0.2, -0.15) is 11.8 Å². The summed E-state index contributed by atoms with van der Waals surface area (Å²) in [5.74, 6) is 2.59. The highest BCUT2D eigenvalue weighted by Gasteiger charge is 2.39. The van der Waals surface area contributed by atoms with Gasteiger partial charge < -0.3 is 10.1 Å². The molecule has 3 aliphatic rings. The Morgan fingerprint density at radius 3 is 2.67 bits per heavy atom. The Kier molecular flexibility index (Phi) is 3.93. The maximum absolute atomic E-state index is 6.16. The van der Waals surface area contributed by atoms with Gasteiger partial charge in [-0.1, -0.05) is 13.3 Å². The van der Waals surface area contributed by atoms with Gasteiger partial charge in [-0.25, -0.2) is 0 Å². The quantitative estimate of drug-likeness (QED) is 0.850. The fourth-order valence-corrected chi connectivity index (χ4v) is 4.88. The molecule has 104 valence electrons. The summed E-state index contributed by atoms with van der Waals surface area (Å²) < 4.78 is 6.16. The van der Waals surface area contributed by atoms with Crippen LogP contribution in [0.25, 0.3) is 0 Å². The molecular weight excluding hydrogens is 242 g/mol. The molecule has 1 aliphatic carbocycles. The molecule has 3 rings (SSSR count). The van der Waals surface area contributed by atoms with Crippen molar-refractivity contribution in [1.82, 2.24) is 5.32 Å². The van der Waals surface area contributed by atoms with E-state index in [-0.39, 0.29) is 5.60 Å². The van der Waals surface area contributed by atoms with Crippen LogP contribution in [-0.2, 0) is 4.74 Å². The lowest BCUT2D eigenvalue weighted by atomic mass is 9.70. The monoisotopic (exact) mass is 269 g/mol. The number of rotatable bonds is 3. The van der Waals surface area contributed by atoms with E-state index in [1.165, 1.54) is 63.0 Å². The number of hydrogen-bond donors (Lipinski definition) is 1. The Bertz CT molecular complexity index is 279. The zero-order valence-corrected chi connectivity index (χ0v) is 12.5. The van der Waals surface area contributed by atoms with E-state index < -0.39 is 0 Å². The van der Waals surface area contributed by atoms with Crippen LogP contribution in [0.15, 0.2) is 0 Å². The molecule has 1 N–H and O–H groups in total. The van der Waals surface area contributed by atoms with Crippen molar-refractivity contribution in [3.63, 3.8) is 0 Å². The molecule has 0 amide bonds. The number of hydrogen-bond acceptors (Lipinski definition) is 3. The lowest BCUT2D eigenvalue weighted by Crippen LogP contribution is -2.51. The summed E-state index contributed by atoms with van der Waals surface area (Å²) in [7, 11) is 0. The maximum Gasteiger partial charge on any atom is 0.0713 e. The van der Waals surface area contributed by atoms with Crippen molar-refractivity contribution in [1.29, 1.82) is 0 Å². The van der Waals surface area contributed by atoms with Crippen LogP contribution in [0.4, 0.5) is 0 Å². The highest BCUT2D eigenvalue weighted by atomic mass is 32.2. The van der Waals surface area contributed by atoms with Crippen molar-refractivity contribution < 1.29 is 4.74 Å². The molecular formula is C15H27NOS. The van der Waals surface area contributed by atoms with Gasteiger partial charge in [-0.3, -0.25) is 0 Å². The van der Waals surface area contributed by atoms with Crippen LogP contribution in [0.3, 0.4) is 0 Å². The molecule has 0 aromatic carbocycles. The minimum atomic E-state index is 0.238. The first-order valence-electron chi connectivity index (χ1n) is 7.65. The molecule has 1 unspecified atom stereocenters. The molecule has 2 aliphatic heterocycles. The normalized spacial score (nSPS) is 34.2. The third-order valence-corrected chi connectivity index (χ3v) is 6.26. The molecule has 2 nitrogen and oxygen atoms in total. The third-order valence-electron chi connectivity index (χ3n) is 5.28. The van der Waals surface area contributed by atoms with Gasteiger partial charge in [0.15, 0.2) is 0 Å². The van der Waals surface area contributed by atoms with Crippen LogP contribution in [0.5, 0.6) is 0 Å². The van der Waals surface area contributed by atoms with E-state index in [0.717, 1.165) is 6.61 Å². The maximum atomic E-state index is 6.16. The first-order chi connectivity index (χ1) is 8.70. The smallest absolute Gasteiger partial charge is 0.0713 e. The number of ether oxygens (including phenoxy) is 1. The summed E-state index contributed by atoms with van der Waals surface area (Å²) in [4.78, 5) is 0. The topological polar surface area (TPSA) is 21.3 Å². The number of nitrogens with one attached hydrogen (secondary N) is 1. The van der Waals surface area contributed by atoms with Crippen molar-refractivity contribution in [3.05, 3.63) is 0 Å². The fourth-order valence-electron chi connectivity index (χ4n) is 3.64. The molecule has 0 aromatic heterocycles. The van der Waals surface area contributed by atoms with Crippen molar-refractivity contribution in [3.8, 4) is 0 Å². The largest absolute Gasteiger partial charge is 0.375 e. The van der Waals surface area contributed by atoms with Crippen LogP contribution < -0.4 is 5.32 Å². The van der Waals surface area contributed by atoms with Gasteiger partial charge in [0.25, 0.3) is 0 Å². The van der Waals surface area contributed by atoms with Crippen molar-refractivity contribution in [2.75, 3.05) is 24.7 Å². The van der Waals surface area contributed by atoms with Gasteiger partial charge in [0.05, 0.1) is 5.60 Å². The third kappa shape index (κ3) is 2.88. The molecule has 2 saturated heterocycles. The first-order valence-corrected chi connectivity index (χ1v) is 8.80. The average Bonchev–Trinajstić information content (AvgIpc) is 2.35. The van der Waals surface area contributed by atoms with E-state index in [9.17, 15) is 0 Å². The average molecular weight is 269 g/mol. The minimum absolute atomic E-state index is 0.238. The zero-order chi connectivity index (χ0) is 12.5. The van der Waals surface area contributed by atoms with Crippen LogP contribution in [0, 0.1) is 5.41 Å². The molecule has 0 bridgehead atoms. The van der Waals surface area contributed by atoms with Gasteiger partial charge >= 0.3 is 0 Å². The number of thioether (sulfide) groups is 1. The summed E-state index contributed by atoms with van der Waals surface area (Å²) in [6.45, 7) is 4.64. The Labute approximate surface area is 116 Å². The molecule has 0 radical (unpaired) electrons. The Hall–Kier alpha value is 0.270. The molecule has 0 aromatic rings. The molecule has 1 saturated carbocycles. The van der Waals surface area contributed by atoms with Crippen LogP contribution in [0.2, 0.25) is 0 Å². The zero-order valence-electron chi connectivity index (χ0n) is 11.7. The molecule has 18 heavy (non-hydrogen) atoms.